The van der Waals surface area contributed by atoms with Crippen LogP contribution in [0.4, 0.5) is 4.39 Å². The Hall–Kier alpha value is -1.81. The Morgan fingerprint density at radius 1 is 1.07 bits per heavy atom. The van der Waals surface area contributed by atoms with E-state index in [4.69, 9.17) is 5.73 Å². The molecule has 2 N–H and O–H groups in total. The Kier molecular flexibility index (Phi) is 2.69. The van der Waals surface area contributed by atoms with Gasteiger partial charge in [-0.15, -0.1) is 0 Å². The highest BCUT2D eigenvalue weighted by Gasteiger charge is 2.09. The first-order valence-corrected chi connectivity index (χ1v) is 4.53. The molecule has 2 rings (SSSR count). The third kappa shape index (κ3) is 2.16. The van der Waals surface area contributed by atoms with Crippen LogP contribution >= 0.6 is 0 Å². The van der Waals surface area contributed by atoms with E-state index in [1.54, 1.807) is 30.7 Å². The summed E-state index contributed by atoms with van der Waals surface area (Å²) in [6, 6.07) is 4.62. The van der Waals surface area contributed by atoms with Gasteiger partial charge in [0.05, 0.1) is 12.2 Å². The number of hydrogen-bond acceptors (Lipinski definition) is 3. The van der Waals surface area contributed by atoms with Crippen LogP contribution in [0.5, 0.6) is 0 Å². The van der Waals surface area contributed by atoms with Gasteiger partial charge in [0.15, 0.2) is 0 Å². The normalized spacial score (nSPS) is 12.4. The number of nitrogens with zero attached hydrogens (tertiary/aromatic N) is 2. The van der Waals surface area contributed by atoms with E-state index < -0.39 is 0 Å². The monoisotopic (exact) mass is 203 g/mol. The fourth-order valence-electron chi connectivity index (χ4n) is 1.36. The minimum Gasteiger partial charge on any atom is -0.320 e. The average molecular weight is 203 g/mol. The lowest BCUT2D eigenvalue weighted by Crippen LogP contribution is -2.12. The molecule has 1 unspecified atom stereocenters. The lowest BCUT2D eigenvalue weighted by atomic mass is 10.0. The maximum Gasteiger partial charge on any atom is 0.141 e. The smallest absolute Gasteiger partial charge is 0.141 e. The standard InChI is InChI=1S/C11H10FN3/c12-10-5-9(6-15-7-10)11(13)8-1-3-14-4-2-8/h1-7,11H,13H2. The van der Waals surface area contributed by atoms with Crippen LogP contribution < -0.4 is 5.73 Å². The highest BCUT2D eigenvalue weighted by atomic mass is 19.1. The van der Waals surface area contributed by atoms with E-state index in [0.29, 0.717) is 5.56 Å². The first-order valence-electron chi connectivity index (χ1n) is 4.53. The molecule has 3 nitrogen and oxygen atoms in total. The number of nitrogens with two attached hydrogens (primary N) is 1. The van der Waals surface area contributed by atoms with Crippen LogP contribution in [0, 0.1) is 5.82 Å². The van der Waals surface area contributed by atoms with Crippen molar-refractivity contribution in [2.24, 2.45) is 5.73 Å². The number of pyridine rings is 2. The number of aromatic nitrogens is 2. The SMILES string of the molecule is NC(c1ccncc1)c1cncc(F)c1. The van der Waals surface area contributed by atoms with Gasteiger partial charge in [-0.05, 0) is 29.3 Å². The van der Waals surface area contributed by atoms with Crippen LogP contribution in [0.2, 0.25) is 0 Å². The van der Waals surface area contributed by atoms with Crippen LogP contribution in [-0.2, 0) is 0 Å². The molecule has 0 radical (unpaired) electrons. The number of rotatable bonds is 2. The molecule has 2 heterocycles. The van der Waals surface area contributed by atoms with Crippen molar-refractivity contribution in [1.29, 1.82) is 0 Å². The summed E-state index contributed by atoms with van der Waals surface area (Å²) in [5.74, 6) is -0.378. The first kappa shape index (κ1) is 9.73. The van der Waals surface area contributed by atoms with E-state index in [2.05, 4.69) is 9.97 Å². The van der Waals surface area contributed by atoms with Crippen molar-refractivity contribution >= 4 is 0 Å². The van der Waals surface area contributed by atoms with Gasteiger partial charge in [0.2, 0.25) is 0 Å². The molecule has 0 aromatic carbocycles. The predicted molar refractivity (Wildman–Crippen MR) is 54.5 cm³/mol. The van der Waals surface area contributed by atoms with Gasteiger partial charge in [0.25, 0.3) is 0 Å². The summed E-state index contributed by atoms with van der Waals surface area (Å²) >= 11 is 0. The van der Waals surface area contributed by atoms with Gasteiger partial charge in [0.1, 0.15) is 5.82 Å². The summed E-state index contributed by atoms with van der Waals surface area (Å²) in [6.07, 6.45) is 6.03. The number of hydrogen-bond donors (Lipinski definition) is 1. The van der Waals surface area contributed by atoms with Crippen molar-refractivity contribution < 1.29 is 4.39 Å². The summed E-state index contributed by atoms with van der Waals surface area (Å²) < 4.78 is 12.9. The van der Waals surface area contributed by atoms with Gasteiger partial charge in [-0.2, -0.15) is 0 Å². The van der Waals surface area contributed by atoms with E-state index >= 15 is 0 Å². The minimum atomic E-state index is -0.378. The average Bonchev–Trinajstić information content (AvgIpc) is 2.29. The van der Waals surface area contributed by atoms with Crippen LogP contribution in [-0.4, -0.2) is 9.97 Å². The van der Waals surface area contributed by atoms with E-state index in [1.807, 2.05) is 0 Å². The van der Waals surface area contributed by atoms with Crippen molar-refractivity contribution in [2.75, 3.05) is 0 Å². The van der Waals surface area contributed by atoms with Gasteiger partial charge < -0.3 is 5.73 Å². The fraction of sp³-hybridized carbons (Fsp3) is 0.0909. The van der Waals surface area contributed by atoms with Crippen LogP contribution in [0.15, 0.2) is 43.0 Å². The second-order valence-corrected chi connectivity index (χ2v) is 3.19. The fourth-order valence-corrected chi connectivity index (χ4v) is 1.36. The Bertz CT molecular complexity index is 445. The summed E-state index contributed by atoms with van der Waals surface area (Å²) in [5, 5.41) is 0. The largest absolute Gasteiger partial charge is 0.320 e. The third-order valence-corrected chi connectivity index (χ3v) is 2.15. The Morgan fingerprint density at radius 3 is 2.47 bits per heavy atom. The zero-order chi connectivity index (χ0) is 10.7. The zero-order valence-electron chi connectivity index (χ0n) is 7.97. The van der Waals surface area contributed by atoms with E-state index in [1.165, 1.54) is 6.07 Å². The third-order valence-electron chi connectivity index (χ3n) is 2.15. The van der Waals surface area contributed by atoms with Gasteiger partial charge in [-0.3, -0.25) is 9.97 Å². The topological polar surface area (TPSA) is 51.8 Å². The van der Waals surface area contributed by atoms with E-state index in [-0.39, 0.29) is 11.9 Å². The zero-order valence-corrected chi connectivity index (χ0v) is 7.97. The van der Waals surface area contributed by atoms with E-state index in [0.717, 1.165) is 11.8 Å². The molecule has 0 fully saturated rings. The molecule has 0 amide bonds. The Balaban J connectivity index is 2.32. The van der Waals surface area contributed by atoms with Gasteiger partial charge >= 0.3 is 0 Å². The molecule has 0 saturated heterocycles. The van der Waals surface area contributed by atoms with Crippen LogP contribution in [0.3, 0.4) is 0 Å². The Morgan fingerprint density at radius 2 is 1.80 bits per heavy atom. The highest BCUT2D eigenvalue weighted by molar-refractivity contribution is 5.27. The molecule has 76 valence electrons. The lowest BCUT2D eigenvalue weighted by Gasteiger charge is -2.11. The second-order valence-electron chi connectivity index (χ2n) is 3.19. The maximum atomic E-state index is 12.9. The summed E-state index contributed by atoms with van der Waals surface area (Å²) in [7, 11) is 0. The quantitative estimate of drug-likeness (QED) is 0.807. The molecule has 0 saturated carbocycles. The molecule has 0 aliphatic rings. The van der Waals surface area contributed by atoms with Crippen molar-refractivity contribution in [2.45, 2.75) is 6.04 Å². The molecular weight excluding hydrogens is 193 g/mol. The summed E-state index contributed by atoms with van der Waals surface area (Å²) in [6.45, 7) is 0. The first-order chi connectivity index (χ1) is 7.27. The lowest BCUT2D eigenvalue weighted by molar-refractivity contribution is 0.616. The van der Waals surface area contributed by atoms with Crippen LogP contribution in [0.25, 0.3) is 0 Å². The van der Waals surface area contributed by atoms with Crippen LogP contribution in [0.1, 0.15) is 17.2 Å². The maximum absolute atomic E-state index is 12.9. The molecule has 0 aliphatic carbocycles. The molecule has 2 aromatic heterocycles. The molecular formula is C11H10FN3. The molecule has 0 spiro atoms. The highest BCUT2D eigenvalue weighted by Crippen LogP contribution is 2.18. The van der Waals surface area contributed by atoms with Gasteiger partial charge in [-0.25, -0.2) is 4.39 Å². The minimum absolute atomic E-state index is 0.365. The van der Waals surface area contributed by atoms with E-state index in [9.17, 15) is 4.39 Å². The molecule has 0 aliphatic heterocycles. The Labute approximate surface area is 86.8 Å². The second kappa shape index (κ2) is 4.14. The molecule has 1 atom stereocenters. The van der Waals surface area contributed by atoms with Crippen molar-refractivity contribution in [3.63, 3.8) is 0 Å². The van der Waals surface area contributed by atoms with Crippen molar-refractivity contribution in [1.82, 2.24) is 9.97 Å². The predicted octanol–water partition coefficient (Wildman–Crippen LogP) is 1.66. The molecule has 2 aromatic rings. The molecule has 0 bridgehead atoms. The molecule has 4 heteroatoms. The van der Waals surface area contributed by atoms with Gasteiger partial charge in [0, 0.05) is 18.6 Å². The summed E-state index contributed by atoms with van der Waals surface area (Å²) in [4.78, 5) is 7.65. The van der Waals surface area contributed by atoms with Gasteiger partial charge in [-0.1, -0.05) is 0 Å². The summed E-state index contributed by atoms with van der Waals surface area (Å²) in [5.41, 5.74) is 7.49. The molecule has 15 heavy (non-hydrogen) atoms. The number of halogens is 1. The van der Waals surface area contributed by atoms with Crippen molar-refractivity contribution in [3.05, 3.63) is 59.9 Å². The van der Waals surface area contributed by atoms with Crippen molar-refractivity contribution in [3.8, 4) is 0 Å².